The summed E-state index contributed by atoms with van der Waals surface area (Å²) in [5.74, 6) is 5.41. The van der Waals surface area contributed by atoms with E-state index in [-0.39, 0.29) is 11.9 Å². The maximum absolute atomic E-state index is 13.8. The smallest absolute Gasteiger partial charge is 0.127 e. The van der Waals surface area contributed by atoms with Crippen molar-refractivity contribution in [3.05, 3.63) is 34.1 Å². The maximum atomic E-state index is 13.8. The molecule has 0 aromatic heterocycles. The van der Waals surface area contributed by atoms with Crippen molar-refractivity contribution in [1.29, 1.82) is 0 Å². The second kappa shape index (κ2) is 8.08. The third kappa shape index (κ3) is 4.81. The van der Waals surface area contributed by atoms with Crippen molar-refractivity contribution in [2.45, 2.75) is 50.7 Å². The van der Waals surface area contributed by atoms with Crippen molar-refractivity contribution >= 4 is 15.9 Å². The SMILES string of the molecule is NNC(CCC1CCCCO1)Cc1ccc(Br)cc1F. The van der Waals surface area contributed by atoms with E-state index < -0.39 is 0 Å². The van der Waals surface area contributed by atoms with Gasteiger partial charge >= 0.3 is 0 Å². The van der Waals surface area contributed by atoms with Gasteiger partial charge in [0.15, 0.2) is 0 Å². The quantitative estimate of drug-likeness (QED) is 0.614. The van der Waals surface area contributed by atoms with E-state index >= 15 is 0 Å². The van der Waals surface area contributed by atoms with E-state index in [1.165, 1.54) is 18.9 Å². The molecule has 2 unspecified atom stereocenters. The second-order valence-corrected chi connectivity index (χ2v) is 6.29. The van der Waals surface area contributed by atoms with Gasteiger partial charge in [0, 0.05) is 17.1 Å². The molecule has 112 valence electrons. The number of nitrogens with two attached hydrogens (primary N) is 1. The minimum atomic E-state index is -0.187. The molecule has 3 N–H and O–H groups in total. The third-order valence-electron chi connectivity index (χ3n) is 3.83. The Morgan fingerprint density at radius 3 is 2.95 bits per heavy atom. The summed E-state index contributed by atoms with van der Waals surface area (Å²) in [7, 11) is 0. The zero-order valence-electron chi connectivity index (χ0n) is 11.6. The second-order valence-electron chi connectivity index (χ2n) is 5.37. The van der Waals surface area contributed by atoms with Crippen molar-refractivity contribution < 1.29 is 9.13 Å². The zero-order chi connectivity index (χ0) is 14.4. The molecule has 1 fully saturated rings. The molecular weight excluding hydrogens is 323 g/mol. The number of hydrazine groups is 1. The topological polar surface area (TPSA) is 47.3 Å². The lowest BCUT2D eigenvalue weighted by atomic mass is 9.97. The number of rotatable bonds is 6. The van der Waals surface area contributed by atoms with Crippen LogP contribution in [0.25, 0.3) is 0 Å². The first-order chi connectivity index (χ1) is 9.69. The molecule has 0 radical (unpaired) electrons. The highest BCUT2D eigenvalue weighted by Gasteiger charge is 2.17. The zero-order valence-corrected chi connectivity index (χ0v) is 13.2. The van der Waals surface area contributed by atoms with E-state index in [9.17, 15) is 4.39 Å². The first kappa shape index (κ1) is 15.9. The highest BCUT2D eigenvalue weighted by atomic mass is 79.9. The molecule has 1 aliphatic heterocycles. The van der Waals surface area contributed by atoms with Crippen molar-refractivity contribution in [3.63, 3.8) is 0 Å². The van der Waals surface area contributed by atoms with Crippen LogP contribution in [0.2, 0.25) is 0 Å². The van der Waals surface area contributed by atoms with Crippen LogP contribution in [-0.4, -0.2) is 18.8 Å². The van der Waals surface area contributed by atoms with Gasteiger partial charge < -0.3 is 4.74 Å². The molecule has 0 spiro atoms. The number of hydrogen-bond donors (Lipinski definition) is 2. The highest BCUT2D eigenvalue weighted by Crippen LogP contribution is 2.20. The summed E-state index contributed by atoms with van der Waals surface area (Å²) in [5, 5.41) is 0. The Morgan fingerprint density at radius 2 is 2.30 bits per heavy atom. The summed E-state index contributed by atoms with van der Waals surface area (Å²) >= 11 is 3.27. The summed E-state index contributed by atoms with van der Waals surface area (Å²) in [5.41, 5.74) is 3.49. The molecular formula is C15H22BrFN2O. The van der Waals surface area contributed by atoms with Gasteiger partial charge in [-0.05, 0) is 56.2 Å². The van der Waals surface area contributed by atoms with Gasteiger partial charge in [-0.15, -0.1) is 0 Å². The fourth-order valence-electron chi connectivity index (χ4n) is 2.62. The molecule has 1 aromatic carbocycles. The maximum Gasteiger partial charge on any atom is 0.127 e. The summed E-state index contributed by atoms with van der Waals surface area (Å²) in [6, 6.07) is 5.24. The highest BCUT2D eigenvalue weighted by molar-refractivity contribution is 9.10. The molecule has 1 aromatic rings. The van der Waals surface area contributed by atoms with Crippen LogP contribution in [0.4, 0.5) is 4.39 Å². The van der Waals surface area contributed by atoms with Gasteiger partial charge in [-0.25, -0.2) is 4.39 Å². The van der Waals surface area contributed by atoms with E-state index in [1.807, 2.05) is 6.07 Å². The van der Waals surface area contributed by atoms with Crippen molar-refractivity contribution in [2.75, 3.05) is 6.61 Å². The number of nitrogens with one attached hydrogen (secondary N) is 1. The Balaban J connectivity index is 1.84. The van der Waals surface area contributed by atoms with Gasteiger partial charge in [-0.3, -0.25) is 11.3 Å². The lowest BCUT2D eigenvalue weighted by molar-refractivity contribution is 0.00857. The van der Waals surface area contributed by atoms with Gasteiger partial charge in [0.1, 0.15) is 5.82 Å². The normalized spacial score (nSPS) is 20.9. The van der Waals surface area contributed by atoms with Crippen LogP contribution in [0, 0.1) is 5.82 Å². The number of halogens is 2. The third-order valence-corrected chi connectivity index (χ3v) is 4.32. The van der Waals surface area contributed by atoms with Crippen LogP contribution in [0.5, 0.6) is 0 Å². The van der Waals surface area contributed by atoms with Crippen LogP contribution in [0.1, 0.15) is 37.7 Å². The molecule has 1 aliphatic rings. The number of ether oxygens (including phenoxy) is 1. The number of hydrogen-bond acceptors (Lipinski definition) is 3. The largest absolute Gasteiger partial charge is 0.378 e. The van der Waals surface area contributed by atoms with Crippen LogP contribution < -0.4 is 11.3 Å². The Hall–Kier alpha value is -0.490. The van der Waals surface area contributed by atoms with Gasteiger partial charge in [-0.1, -0.05) is 22.0 Å². The minimum absolute atomic E-state index is 0.0798. The predicted molar refractivity (Wildman–Crippen MR) is 81.7 cm³/mol. The average molecular weight is 345 g/mol. The first-order valence-electron chi connectivity index (χ1n) is 7.20. The molecule has 1 heterocycles. The van der Waals surface area contributed by atoms with E-state index in [0.29, 0.717) is 18.1 Å². The summed E-state index contributed by atoms with van der Waals surface area (Å²) in [4.78, 5) is 0. The summed E-state index contributed by atoms with van der Waals surface area (Å²) in [6.07, 6.45) is 6.36. The van der Waals surface area contributed by atoms with Crippen LogP contribution in [-0.2, 0) is 11.2 Å². The molecule has 2 atom stereocenters. The first-order valence-corrected chi connectivity index (χ1v) is 8.00. The minimum Gasteiger partial charge on any atom is -0.378 e. The summed E-state index contributed by atoms with van der Waals surface area (Å²) < 4.78 is 20.3. The molecule has 1 saturated heterocycles. The molecule has 20 heavy (non-hydrogen) atoms. The monoisotopic (exact) mass is 344 g/mol. The average Bonchev–Trinajstić information content (AvgIpc) is 2.46. The van der Waals surface area contributed by atoms with Gasteiger partial charge in [0.2, 0.25) is 0 Å². The molecule has 0 amide bonds. The van der Waals surface area contributed by atoms with Crippen molar-refractivity contribution in [3.8, 4) is 0 Å². The Labute approximate surface area is 128 Å². The van der Waals surface area contributed by atoms with E-state index in [2.05, 4.69) is 21.4 Å². The standard InChI is InChI=1S/C15H22BrFN2O/c16-12-5-4-11(15(17)10-12)9-13(19-18)6-7-14-3-1-2-8-20-14/h4-5,10,13-14,19H,1-3,6-9,18H2. The van der Waals surface area contributed by atoms with E-state index in [1.54, 1.807) is 6.07 Å². The van der Waals surface area contributed by atoms with Gasteiger partial charge in [-0.2, -0.15) is 0 Å². The fraction of sp³-hybridized carbons (Fsp3) is 0.600. The molecule has 0 bridgehead atoms. The van der Waals surface area contributed by atoms with Crippen LogP contribution >= 0.6 is 15.9 Å². The predicted octanol–water partition coefficient (Wildman–Crippen LogP) is 3.31. The van der Waals surface area contributed by atoms with Crippen LogP contribution in [0.15, 0.2) is 22.7 Å². The molecule has 0 aliphatic carbocycles. The summed E-state index contributed by atoms with van der Waals surface area (Å²) in [6.45, 7) is 0.868. The van der Waals surface area contributed by atoms with Crippen molar-refractivity contribution in [2.24, 2.45) is 5.84 Å². The van der Waals surface area contributed by atoms with Crippen LogP contribution in [0.3, 0.4) is 0 Å². The lowest BCUT2D eigenvalue weighted by Crippen LogP contribution is -2.38. The molecule has 3 nitrogen and oxygen atoms in total. The fourth-order valence-corrected chi connectivity index (χ4v) is 2.95. The molecule has 5 heteroatoms. The Morgan fingerprint density at radius 1 is 1.45 bits per heavy atom. The molecule has 0 saturated carbocycles. The van der Waals surface area contributed by atoms with Gasteiger partial charge in [0.25, 0.3) is 0 Å². The Kier molecular flexibility index (Phi) is 6.42. The molecule has 2 rings (SSSR count). The van der Waals surface area contributed by atoms with E-state index in [4.69, 9.17) is 10.6 Å². The van der Waals surface area contributed by atoms with Crippen molar-refractivity contribution in [1.82, 2.24) is 5.43 Å². The number of benzene rings is 1. The van der Waals surface area contributed by atoms with Gasteiger partial charge in [0.05, 0.1) is 6.10 Å². The lowest BCUT2D eigenvalue weighted by Gasteiger charge is -2.24. The van der Waals surface area contributed by atoms with E-state index in [0.717, 1.165) is 30.3 Å². The Bertz CT molecular complexity index is 424.